The van der Waals surface area contributed by atoms with E-state index in [1.165, 1.54) is 6.42 Å². The molecule has 4 unspecified atom stereocenters. The number of carboxylic acid groups (broad SMARTS) is 1. The molecule has 25 heavy (non-hydrogen) atoms. The fourth-order valence-corrected chi connectivity index (χ4v) is 4.37. The first-order chi connectivity index (χ1) is 11.6. The molecule has 0 aromatic heterocycles. The monoisotopic (exact) mass is 353 g/mol. The number of carbonyl (C=O) groups is 2. The van der Waals surface area contributed by atoms with Crippen molar-refractivity contribution in [1.29, 1.82) is 0 Å². The Morgan fingerprint density at radius 1 is 1.00 bits per heavy atom. The molecule has 2 aliphatic heterocycles. The fraction of sp³-hybridized carbons (Fsp3) is 0.895. The molecule has 0 aromatic carbocycles. The first kappa shape index (κ1) is 20.0. The van der Waals surface area contributed by atoms with Crippen LogP contribution >= 0.6 is 0 Å². The molecule has 2 aliphatic rings. The molecule has 144 valence electrons. The molecule has 6 heteroatoms. The highest BCUT2D eigenvalue weighted by Gasteiger charge is 2.35. The van der Waals surface area contributed by atoms with Crippen molar-refractivity contribution in [2.24, 2.45) is 23.7 Å². The van der Waals surface area contributed by atoms with E-state index in [1.54, 1.807) is 4.90 Å². The summed E-state index contributed by atoms with van der Waals surface area (Å²) < 4.78 is 0. The van der Waals surface area contributed by atoms with Crippen molar-refractivity contribution in [3.8, 4) is 0 Å². The highest BCUT2D eigenvalue weighted by Crippen LogP contribution is 2.27. The summed E-state index contributed by atoms with van der Waals surface area (Å²) in [5, 5.41) is 12.3. The van der Waals surface area contributed by atoms with Crippen LogP contribution in [0, 0.1) is 23.7 Å². The van der Waals surface area contributed by atoms with Gasteiger partial charge in [0.1, 0.15) is 0 Å². The zero-order valence-electron chi connectivity index (χ0n) is 16.4. The van der Waals surface area contributed by atoms with E-state index in [9.17, 15) is 14.7 Å². The van der Waals surface area contributed by atoms with Gasteiger partial charge in [-0.2, -0.15) is 0 Å². The van der Waals surface area contributed by atoms with Gasteiger partial charge < -0.3 is 15.3 Å². The lowest BCUT2D eigenvalue weighted by Crippen LogP contribution is -2.58. The van der Waals surface area contributed by atoms with Gasteiger partial charge in [-0.15, -0.1) is 0 Å². The van der Waals surface area contributed by atoms with Crippen LogP contribution in [0.1, 0.15) is 47.5 Å². The third-order valence-electron chi connectivity index (χ3n) is 5.69. The fourth-order valence-electron chi connectivity index (χ4n) is 4.37. The Hall–Kier alpha value is -1.30. The molecule has 0 saturated carbocycles. The molecule has 0 aromatic rings. The maximum absolute atomic E-state index is 12.6. The minimum Gasteiger partial charge on any atom is -0.481 e. The molecule has 0 radical (unpaired) electrons. The summed E-state index contributed by atoms with van der Waals surface area (Å²) in [6.45, 7) is 14.6. The standard InChI is InChI=1S/C19H35N3O3/c1-13-6-14(2)10-22(9-13)19(4,5)12-20-18(25)21-8-15(3)7-16(11-21)17(23)24/h13-16H,6-12H2,1-5H3,(H,20,25)(H,23,24). The van der Waals surface area contributed by atoms with Crippen LogP contribution in [0.5, 0.6) is 0 Å². The van der Waals surface area contributed by atoms with Crippen molar-refractivity contribution in [3.63, 3.8) is 0 Å². The summed E-state index contributed by atoms with van der Waals surface area (Å²) >= 11 is 0. The number of piperidine rings is 2. The molecule has 0 bridgehead atoms. The molecule has 2 rings (SSSR count). The zero-order chi connectivity index (χ0) is 18.8. The Morgan fingerprint density at radius 3 is 2.12 bits per heavy atom. The van der Waals surface area contributed by atoms with Gasteiger partial charge in [0.2, 0.25) is 0 Å². The molecule has 2 amide bonds. The molecule has 4 atom stereocenters. The molecule has 2 saturated heterocycles. The summed E-state index contributed by atoms with van der Waals surface area (Å²) in [7, 11) is 0. The van der Waals surface area contributed by atoms with Crippen LogP contribution in [0.4, 0.5) is 4.79 Å². The van der Waals surface area contributed by atoms with Gasteiger partial charge in [0.05, 0.1) is 5.92 Å². The average molecular weight is 354 g/mol. The number of hydrogen-bond donors (Lipinski definition) is 2. The second kappa shape index (κ2) is 7.94. The summed E-state index contributed by atoms with van der Waals surface area (Å²) in [6, 6.07) is -0.135. The van der Waals surface area contributed by atoms with E-state index in [0.717, 1.165) is 13.1 Å². The first-order valence-corrected chi connectivity index (χ1v) is 9.59. The highest BCUT2D eigenvalue weighted by molar-refractivity contribution is 5.76. The SMILES string of the molecule is CC1CC(C(=O)O)CN(C(=O)NCC(C)(C)N2CC(C)CC(C)C2)C1. The number of nitrogens with one attached hydrogen (secondary N) is 1. The van der Waals surface area contributed by atoms with Gasteiger partial charge in [0.15, 0.2) is 0 Å². The van der Waals surface area contributed by atoms with E-state index < -0.39 is 11.9 Å². The molecular weight excluding hydrogens is 318 g/mol. The molecule has 6 nitrogen and oxygen atoms in total. The Bertz CT molecular complexity index is 484. The second-order valence-electron chi connectivity index (χ2n) is 9.10. The molecule has 0 spiro atoms. The predicted octanol–water partition coefficient (Wildman–Crippen LogP) is 2.50. The first-order valence-electron chi connectivity index (χ1n) is 9.59. The topological polar surface area (TPSA) is 72.9 Å². The van der Waals surface area contributed by atoms with Gasteiger partial charge in [-0.05, 0) is 44.4 Å². The number of nitrogens with zero attached hydrogens (tertiary/aromatic N) is 2. The van der Waals surface area contributed by atoms with Gasteiger partial charge in [0, 0.05) is 38.3 Å². The van der Waals surface area contributed by atoms with Crippen molar-refractivity contribution in [1.82, 2.24) is 15.1 Å². The van der Waals surface area contributed by atoms with E-state index in [1.807, 2.05) is 6.92 Å². The summed E-state index contributed by atoms with van der Waals surface area (Å²) in [5.41, 5.74) is -0.105. The molecule has 2 fully saturated rings. The summed E-state index contributed by atoms with van der Waals surface area (Å²) in [5.74, 6) is 0.320. The number of carboxylic acids is 1. The van der Waals surface area contributed by atoms with Crippen LogP contribution in [0.2, 0.25) is 0 Å². The molecule has 2 heterocycles. The van der Waals surface area contributed by atoms with Crippen molar-refractivity contribution in [3.05, 3.63) is 0 Å². The van der Waals surface area contributed by atoms with E-state index >= 15 is 0 Å². The van der Waals surface area contributed by atoms with Crippen LogP contribution in [0.3, 0.4) is 0 Å². The number of hydrogen-bond acceptors (Lipinski definition) is 3. The Labute approximate surface area is 151 Å². The lowest BCUT2D eigenvalue weighted by atomic mass is 9.88. The largest absolute Gasteiger partial charge is 0.481 e. The van der Waals surface area contributed by atoms with Crippen molar-refractivity contribution in [2.45, 2.75) is 53.0 Å². The minimum atomic E-state index is -0.805. The van der Waals surface area contributed by atoms with Gasteiger partial charge in [-0.1, -0.05) is 20.8 Å². The average Bonchev–Trinajstić information content (AvgIpc) is 2.51. The molecule has 2 N–H and O–H groups in total. The van der Waals surface area contributed by atoms with Gasteiger partial charge in [0.25, 0.3) is 0 Å². The van der Waals surface area contributed by atoms with Gasteiger partial charge in [-0.3, -0.25) is 9.69 Å². The van der Waals surface area contributed by atoms with Crippen molar-refractivity contribution < 1.29 is 14.7 Å². The second-order valence-corrected chi connectivity index (χ2v) is 9.10. The quantitative estimate of drug-likeness (QED) is 0.814. The van der Waals surface area contributed by atoms with Crippen LogP contribution in [-0.4, -0.2) is 65.2 Å². The van der Waals surface area contributed by atoms with Crippen LogP contribution < -0.4 is 5.32 Å². The predicted molar refractivity (Wildman–Crippen MR) is 98.5 cm³/mol. The number of aliphatic carboxylic acids is 1. The third-order valence-corrected chi connectivity index (χ3v) is 5.69. The van der Waals surface area contributed by atoms with E-state index in [4.69, 9.17) is 0 Å². The smallest absolute Gasteiger partial charge is 0.317 e. The lowest BCUT2D eigenvalue weighted by Gasteiger charge is -2.45. The maximum atomic E-state index is 12.6. The maximum Gasteiger partial charge on any atom is 0.317 e. The van der Waals surface area contributed by atoms with Crippen LogP contribution in [0.25, 0.3) is 0 Å². The highest BCUT2D eigenvalue weighted by atomic mass is 16.4. The number of amides is 2. The number of rotatable bonds is 4. The third kappa shape index (κ3) is 5.33. The zero-order valence-corrected chi connectivity index (χ0v) is 16.4. The summed E-state index contributed by atoms with van der Waals surface area (Å²) in [4.78, 5) is 28.0. The van der Waals surface area contributed by atoms with Gasteiger partial charge >= 0.3 is 12.0 Å². The molecular formula is C19H35N3O3. The molecule has 0 aliphatic carbocycles. The summed E-state index contributed by atoms with van der Waals surface area (Å²) in [6.07, 6.45) is 1.91. The Kier molecular flexibility index (Phi) is 6.35. The van der Waals surface area contributed by atoms with E-state index in [0.29, 0.717) is 37.9 Å². The van der Waals surface area contributed by atoms with Crippen molar-refractivity contribution >= 4 is 12.0 Å². The van der Waals surface area contributed by atoms with E-state index in [-0.39, 0.29) is 17.5 Å². The number of carbonyl (C=O) groups excluding carboxylic acids is 1. The van der Waals surface area contributed by atoms with Crippen LogP contribution in [-0.2, 0) is 4.79 Å². The normalized spacial score (nSPS) is 31.6. The Morgan fingerprint density at radius 2 is 1.56 bits per heavy atom. The van der Waals surface area contributed by atoms with Crippen molar-refractivity contribution in [2.75, 3.05) is 32.7 Å². The lowest BCUT2D eigenvalue weighted by molar-refractivity contribution is -0.143. The Balaban J connectivity index is 1.90. The van der Waals surface area contributed by atoms with Gasteiger partial charge in [-0.25, -0.2) is 4.79 Å². The van der Waals surface area contributed by atoms with Crippen LogP contribution in [0.15, 0.2) is 0 Å². The minimum absolute atomic E-state index is 0.105. The van der Waals surface area contributed by atoms with E-state index in [2.05, 4.69) is 37.9 Å². The number of likely N-dealkylation sites (tertiary alicyclic amines) is 2. The number of urea groups is 1.